The first-order valence-electron chi connectivity index (χ1n) is 10.4. The predicted octanol–water partition coefficient (Wildman–Crippen LogP) is 5.08. The fourth-order valence-corrected chi connectivity index (χ4v) is 6.74. The van der Waals surface area contributed by atoms with Gasteiger partial charge >= 0.3 is 0 Å². The van der Waals surface area contributed by atoms with Crippen LogP contribution >= 0.6 is 34.9 Å². The van der Waals surface area contributed by atoms with Crippen LogP contribution in [0, 0.1) is 0 Å². The minimum atomic E-state index is 0.183. The molecule has 0 unspecified atom stereocenters. The highest BCUT2D eigenvalue weighted by Crippen LogP contribution is 2.31. The summed E-state index contributed by atoms with van der Waals surface area (Å²) in [7, 11) is 1.95. The number of fused-ring (bicyclic) bond motifs is 1. The molecule has 2 aromatic heterocycles. The number of benzene rings is 1. The van der Waals surface area contributed by atoms with E-state index in [1.54, 1.807) is 23.1 Å². The van der Waals surface area contributed by atoms with Crippen molar-refractivity contribution in [2.45, 2.75) is 66.9 Å². The summed E-state index contributed by atoms with van der Waals surface area (Å²) in [6.45, 7) is 2.88. The third-order valence-electron chi connectivity index (χ3n) is 5.55. The van der Waals surface area contributed by atoms with Crippen molar-refractivity contribution in [3.63, 3.8) is 0 Å². The van der Waals surface area contributed by atoms with Crippen LogP contribution in [-0.4, -0.2) is 49.4 Å². The lowest BCUT2D eigenvalue weighted by Crippen LogP contribution is -2.39. The van der Waals surface area contributed by atoms with Crippen molar-refractivity contribution in [1.82, 2.24) is 24.6 Å². The van der Waals surface area contributed by atoms with E-state index in [-0.39, 0.29) is 5.91 Å². The van der Waals surface area contributed by atoms with Crippen LogP contribution in [0.15, 0.2) is 33.8 Å². The van der Waals surface area contributed by atoms with E-state index in [9.17, 15) is 4.79 Å². The summed E-state index contributed by atoms with van der Waals surface area (Å²) in [5, 5.41) is 9.57. The number of thiazole rings is 1. The molecule has 160 valence electrons. The van der Waals surface area contributed by atoms with E-state index in [1.165, 1.54) is 35.7 Å². The molecule has 30 heavy (non-hydrogen) atoms. The van der Waals surface area contributed by atoms with Gasteiger partial charge in [-0.25, -0.2) is 4.98 Å². The molecule has 1 fully saturated rings. The van der Waals surface area contributed by atoms with Gasteiger partial charge in [0.2, 0.25) is 5.91 Å². The Hall–Kier alpha value is -1.58. The number of carbonyl (C=O) groups is 1. The molecule has 3 aromatic rings. The second kappa shape index (κ2) is 10.2. The normalized spacial score (nSPS) is 15.0. The van der Waals surface area contributed by atoms with Gasteiger partial charge < -0.3 is 9.47 Å². The molecule has 1 aliphatic rings. The van der Waals surface area contributed by atoms with Gasteiger partial charge in [0.05, 0.1) is 21.7 Å². The number of amides is 1. The number of hydrogen-bond donors (Lipinski definition) is 0. The van der Waals surface area contributed by atoms with Crippen LogP contribution in [0.25, 0.3) is 10.2 Å². The Kier molecular flexibility index (Phi) is 7.32. The van der Waals surface area contributed by atoms with E-state index < -0.39 is 0 Å². The van der Waals surface area contributed by atoms with Crippen molar-refractivity contribution < 1.29 is 4.79 Å². The number of nitrogens with zero attached hydrogens (tertiary/aromatic N) is 5. The Morgan fingerprint density at radius 3 is 2.77 bits per heavy atom. The first-order valence-corrected chi connectivity index (χ1v) is 13.2. The van der Waals surface area contributed by atoms with E-state index in [0.29, 0.717) is 11.8 Å². The molecule has 0 saturated heterocycles. The molecule has 1 aliphatic carbocycles. The summed E-state index contributed by atoms with van der Waals surface area (Å²) in [6, 6.07) is 8.60. The van der Waals surface area contributed by atoms with Crippen LogP contribution in [0.1, 0.15) is 44.9 Å². The summed E-state index contributed by atoms with van der Waals surface area (Å²) in [5.41, 5.74) is 1.04. The highest BCUT2D eigenvalue weighted by molar-refractivity contribution is 8.00. The zero-order valence-electron chi connectivity index (χ0n) is 17.4. The van der Waals surface area contributed by atoms with Crippen molar-refractivity contribution in [2.24, 2.45) is 0 Å². The maximum absolute atomic E-state index is 12.7. The average Bonchev–Trinajstić information content (AvgIpc) is 3.38. The van der Waals surface area contributed by atoms with E-state index >= 15 is 0 Å². The average molecular weight is 462 g/mol. The van der Waals surface area contributed by atoms with Crippen molar-refractivity contribution in [3.8, 4) is 0 Å². The molecule has 0 N–H and O–H groups in total. The minimum Gasteiger partial charge on any atom is -0.342 e. The van der Waals surface area contributed by atoms with Crippen molar-refractivity contribution in [1.29, 1.82) is 0 Å². The van der Waals surface area contributed by atoms with Gasteiger partial charge in [-0.1, -0.05) is 54.9 Å². The molecule has 0 atom stereocenters. The third kappa shape index (κ3) is 5.00. The molecular formula is C21H27N5OS3. The molecule has 9 heteroatoms. The number of hydrogen-bond acceptors (Lipinski definition) is 7. The minimum absolute atomic E-state index is 0.183. The second-order valence-electron chi connectivity index (χ2n) is 7.46. The largest absolute Gasteiger partial charge is 0.342 e. The molecule has 0 spiro atoms. The third-order valence-corrected chi connectivity index (χ3v) is 8.68. The molecule has 1 saturated carbocycles. The standard InChI is InChI=1S/C21H27N5OS3/c1-3-26-18(13-29-21-22-16-11-7-8-12-17(16)30-21)23-24-20(26)28-14-19(27)25(2)15-9-5-4-6-10-15/h7-8,11-12,15H,3-6,9-10,13-14H2,1-2H3. The van der Waals surface area contributed by atoms with Crippen molar-refractivity contribution in [2.75, 3.05) is 12.8 Å². The van der Waals surface area contributed by atoms with Crippen LogP contribution in [0.3, 0.4) is 0 Å². The van der Waals surface area contributed by atoms with Gasteiger partial charge in [-0.05, 0) is 31.9 Å². The Bertz CT molecular complexity index is 963. The maximum atomic E-state index is 12.7. The quantitative estimate of drug-likeness (QED) is 0.436. The molecule has 0 aliphatic heterocycles. The maximum Gasteiger partial charge on any atom is 0.233 e. The molecule has 1 aromatic carbocycles. The first-order chi connectivity index (χ1) is 14.7. The van der Waals surface area contributed by atoms with Crippen LogP contribution in [0.2, 0.25) is 0 Å². The fourth-order valence-electron chi connectivity index (χ4n) is 3.79. The molecule has 1 amide bonds. The summed E-state index contributed by atoms with van der Waals surface area (Å²) in [6.07, 6.45) is 6.02. The highest BCUT2D eigenvalue weighted by Gasteiger charge is 2.23. The van der Waals surface area contributed by atoms with Gasteiger partial charge in [0.15, 0.2) is 9.50 Å². The molecule has 6 nitrogen and oxygen atoms in total. The van der Waals surface area contributed by atoms with E-state index in [4.69, 9.17) is 0 Å². The van der Waals surface area contributed by atoms with Gasteiger partial charge in [0.25, 0.3) is 0 Å². The molecule has 2 heterocycles. The lowest BCUT2D eigenvalue weighted by Gasteiger charge is -2.31. The zero-order valence-corrected chi connectivity index (χ0v) is 19.9. The Morgan fingerprint density at radius 1 is 1.20 bits per heavy atom. The zero-order chi connectivity index (χ0) is 20.9. The van der Waals surface area contributed by atoms with E-state index in [2.05, 4.69) is 32.7 Å². The lowest BCUT2D eigenvalue weighted by atomic mass is 9.94. The Balaban J connectivity index is 1.35. The summed E-state index contributed by atoms with van der Waals surface area (Å²) in [4.78, 5) is 19.3. The summed E-state index contributed by atoms with van der Waals surface area (Å²) < 4.78 is 4.35. The molecule has 4 rings (SSSR count). The van der Waals surface area contributed by atoms with Gasteiger partial charge in [0, 0.05) is 19.6 Å². The monoisotopic (exact) mass is 461 g/mol. The highest BCUT2D eigenvalue weighted by atomic mass is 32.2. The van der Waals surface area contributed by atoms with Crippen LogP contribution in [-0.2, 0) is 17.1 Å². The van der Waals surface area contributed by atoms with E-state index in [0.717, 1.165) is 46.0 Å². The molecule has 0 radical (unpaired) electrons. The van der Waals surface area contributed by atoms with Crippen molar-refractivity contribution in [3.05, 3.63) is 30.1 Å². The smallest absolute Gasteiger partial charge is 0.233 e. The SMILES string of the molecule is CCn1c(CSc2nc3ccccc3s2)nnc1SCC(=O)N(C)C1CCCCC1. The topological polar surface area (TPSA) is 63.9 Å². The molecular weight excluding hydrogens is 434 g/mol. The Labute approximate surface area is 189 Å². The number of thioether (sulfide) groups is 2. The number of rotatable bonds is 8. The van der Waals surface area contributed by atoms with Gasteiger partial charge in [-0.2, -0.15) is 0 Å². The van der Waals surface area contributed by atoms with Gasteiger partial charge in [-0.3, -0.25) is 4.79 Å². The van der Waals surface area contributed by atoms with E-state index in [1.807, 2.05) is 30.1 Å². The Morgan fingerprint density at radius 2 is 2.00 bits per heavy atom. The number of para-hydroxylation sites is 1. The second-order valence-corrected chi connectivity index (χ2v) is 10.7. The first kappa shape index (κ1) is 21.6. The van der Waals surface area contributed by atoms with Crippen LogP contribution in [0.5, 0.6) is 0 Å². The predicted molar refractivity (Wildman–Crippen MR) is 125 cm³/mol. The summed E-state index contributed by atoms with van der Waals surface area (Å²) >= 11 is 4.89. The fraction of sp³-hybridized carbons (Fsp3) is 0.524. The molecule has 0 bridgehead atoms. The van der Waals surface area contributed by atoms with Crippen LogP contribution < -0.4 is 0 Å². The summed E-state index contributed by atoms with van der Waals surface area (Å²) in [5.74, 6) is 2.24. The number of carbonyl (C=O) groups excluding carboxylic acids is 1. The van der Waals surface area contributed by atoms with Crippen molar-refractivity contribution >= 4 is 51.0 Å². The van der Waals surface area contributed by atoms with Gasteiger partial charge in [0.1, 0.15) is 5.82 Å². The lowest BCUT2D eigenvalue weighted by molar-refractivity contribution is -0.129. The van der Waals surface area contributed by atoms with Crippen LogP contribution in [0.4, 0.5) is 0 Å². The number of aromatic nitrogens is 4. The van der Waals surface area contributed by atoms with Gasteiger partial charge in [-0.15, -0.1) is 21.5 Å².